The maximum atomic E-state index is 11.4. The Bertz CT molecular complexity index is 691. The molecule has 3 heteroatoms. The Morgan fingerprint density at radius 3 is 2.04 bits per heavy atom. The van der Waals surface area contributed by atoms with Crippen LogP contribution in [0.25, 0.3) is 11.1 Å². The topological polar surface area (TPSA) is 38.3 Å². The second-order valence-electron chi connectivity index (χ2n) is 5.56. The first kappa shape index (κ1) is 19.8. The Labute approximate surface area is 146 Å². The smallest absolute Gasteiger partial charge is 0.407 e. The van der Waals surface area contributed by atoms with Crippen LogP contribution in [0.3, 0.4) is 0 Å². The van der Waals surface area contributed by atoms with E-state index in [0.717, 1.165) is 5.56 Å². The number of ether oxygens (including phenoxy) is 1. The fourth-order valence-electron chi connectivity index (χ4n) is 2.94. The third-order valence-corrected chi connectivity index (χ3v) is 4.44. The van der Waals surface area contributed by atoms with Crippen molar-refractivity contribution in [3.63, 3.8) is 0 Å². The summed E-state index contributed by atoms with van der Waals surface area (Å²) in [6.45, 7) is 13.0. The van der Waals surface area contributed by atoms with Crippen LogP contribution < -0.4 is 5.32 Å². The molecule has 24 heavy (non-hydrogen) atoms. The Morgan fingerprint density at radius 2 is 1.50 bits per heavy atom. The van der Waals surface area contributed by atoms with Crippen molar-refractivity contribution in [2.75, 3.05) is 7.11 Å². The monoisotopic (exact) mass is 327 g/mol. The molecule has 0 saturated carbocycles. The molecule has 0 unspecified atom stereocenters. The van der Waals surface area contributed by atoms with Crippen molar-refractivity contribution in [2.45, 2.75) is 48.1 Å². The van der Waals surface area contributed by atoms with Gasteiger partial charge in [0.05, 0.1) is 7.11 Å². The average molecular weight is 327 g/mol. The highest BCUT2D eigenvalue weighted by molar-refractivity contribution is 5.75. The zero-order chi connectivity index (χ0) is 18.3. The second-order valence-corrected chi connectivity index (χ2v) is 5.56. The molecule has 2 rings (SSSR count). The SMILES string of the molecule is CC.COC(=O)NCc1c(C)c(C)c(C)c(-c2ccccc2)c1C. The molecule has 0 saturated heterocycles. The molecule has 0 heterocycles. The number of alkyl carbamates (subject to hydrolysis) is 1. The van der Waals surface area contributed by atoms with Gasteiger partial charge in [-0.3, -0.25) is 0 Å². The molecule has 130 valence electrons. The molecule has 0 fully saturated rings. The van der Waals surface area contributed by atoms with Gasteiger partial charge in [-0.05, 0) is 66.6 Å². The van der Waals surface area contributed by atoms with Crippen molar-refractivity contribution < 1.29 is 9.53 Å². The predicted molar refractivity (Wildman–Crippen MR) is 101 cm³/mol. The van der Waals surface area contributed by atoms with Crippen LogP contribution >= 0.6 is 0 Å². The molecule has 0 atom stereocenters. The summed E-state index contributed by atoms with van der Waals surface area (Å²) in [6.07, 6.45) is -0.404. The summed E-state index contributed by atoms with van der Waals surface area (Å²) in [5.74, 6) is 0. The van der Waals surface area contributed by atoms with Crippen LogP contribution in [0, 0.1) is 27.7 Å². The minimum absolute atomic E-state index is 0.404. The van der Waals surface area contributed by atoms with Crippen LogP contribution in [-0.2, 0) is 11.3 Å². The minimum atomic E-state index is -0.404. The summed E-state index contributed by atoms with van der Waals surface area (Å²) in [6, 6.07) is 10.4. The third-order valence-electron chi connectivity index (χ3n) is 4.44. The van der Waals surface area contributed by atoms with Crippen molar-refractivity contribution in [3.05, 3.63) is 58.1 Å². The van der Waals surface area contributed by atoms with Gasteiger partial charge in [0.25, 0.3) is 0 Å². The van der Waals surface area contributed by atoms with Gasteiger partial charge in [-0.1, -0.05) is 44.2 Å². The van der Waals surface area contributed by atoms with Crippen LogP contribution in [-0.4, -0.2) is 13.2 Å². The molecular weight excluding hydrogens is 298 g/mol. The van der Waals surface area contributed by atoms with E-state index in [4.69, 9.17) is 0 Å². The lowest BCUT2D eigenvalue weighted by Gasteiger charge is -2.21. The lowest BCUT2D eigenvalue weighted by Crippen LogP contribution is -2.23. The summed E-state index contributed by atoms with van der Waals surface area (Å²) in [5, 5.41) is 2.79. The second kappa shape index (κ2) is 9.11. The summed E-state index contributed by atoms with van der Waals surface area (Å²) in [7, 11) is 1.38. The molecule has 0 aromatic heterocycles. The molecule has 0 aliphatic carbocycles. The van der Waals surface area contributed by atoms with Crippen molar-refractivity contribution in [1.82, 2.24) is 5.32 Å². The summed E-state index contributed by atoms with van der Waals surface area (Å²) >= 11 is 0. The van der Waals surface area contributed by atoms with Crippen molar-refractivity contribution in [2.24, 2.45) is 0 Å². The molecular formula is C21H29NO2. The first-order chi connectivity index (χ1) is 11.5. The lowest BCUT2D eigenvalue weighted by atomic mass is 9.86. The molecule has 0 spiro atoms. The average Bonchev–Trinajstić information content (AvgIpc) is 2.62. The Morgan fingerprint density at radius 1 is 0.917 bits per heavy atom. The number of amides is 1. The normalized spacial score (nSPS) is 9.79. The van der Waals surface area contributed by atoms with Gasteiger partial charge in [-0.15, -0.1) is 0 Å². The zero-order valence-corrected chi connectivity index (χ0v) is 15.9. The van der Waals surface area contributed by atoms with E-state index >= 15 is 0 Å². The largest absolute Gasteiger partial charge is 0.453 e. The van der Waals surface area contributed by atoms with Crippen LogP contribution in [0.4, 0.5) is 4.79 Å². The van der Waals surface area contributed by atoms with Gasteiger partial charge < -0.3 is 10.1 Å². The fraction of sp³-hybridized carbons (Fsp3) is 0.381. The Balaban J connectivity index is 0.00000139. The minimum Gasteiger partial charge on any atom is -0.453 e. The van der Waals surface area contributed by atoms with E-state index in [2.05, 4.69) is 62.0 Å². The number of hydrogen-bond acceptors (Lipinski definition) is 2. The highest BCUT2D eigenvalue weighted by Crippen LogP contribution is 2.34. The number of hydrogen-bond donors (Lipinski definition) is 1. The third kappa shape index (κ3) is 4.16. The number of benzene rings is 2. The Hall–Kier alpha value is -2.29. The lowest BCUT2D eigenvalue weighted by molar-refractivity contribution is 0.170. The first-order valence-corrected chi connectivity index (χ1v) is 8.43. The molecule has 2 aromatic rings. The molecule has 0 aliphatic heterocycles. The van der Waals surface area contributed by atoms with E-state index in [1.54, 1.807) is 0 Å². The summed E-state index contributed by atoms with van der Waals surface area (Å²) in [5.41, 5.74) is 8.63. The van der Waals surface area contributed by atoms with Gasteiger partial charge in [0.1, 0.15) is 0 Å². The van der Waals surface area contributed by atoms with E-state index in [1.807, 2.05) is 19.9 Å². The van der Waals surface area contributed by atoms with Gasteiger partial charge in [0.2, 0.25) is 0 Å². The number of nitrogens with one attached hydrogen (secondary N) is 1. The van der Waals surface area contributed by atoms with Crippen LogP contribution in [0.5, 0.6) is 0 Å². The van der Waals surface area contributed by atoms with Crippen LogP contribution in [0.15, 0.2) is 30.3 Å². The van der Waals surface area contributed by atoms with Crippen LogP contribution in [0.1, 0.15) is 41.7 Å². The van der Waals surface area contributed by atoms with Gasteiger partial charge in [-0.2, -0.15) is 0 Å². The Kier molecular flexibility index (Phi) is 7.50. The maximum Gasteiger partial charge on any atom is 0.407 e. The standard InChI is InChI=1S/C19H23NO2.C2H6/c1-12-13(2)17(11-20-19(21)22-5)15(4)18(14(12)3)16-9-7-6-8-10-16;1-2/h6-10H,11H2,1-5H3,(H,20,21);1-2H3. The maximum absolute atomic E-state index is 11.4. The van der Waals surface area contributed by atoms with Crippen molar-refractivity contribution in [3.8, 4) is 11.1 Å². The van der Waals surface area contributed by atoms with Gasteiger partial charge >= 0.3 is 6.09 Å². The molecule has 0 aliphatic rings. The number of methoxy groups -OCH3 is 1. The number of carbonyl (C=O) groups excluding carboxylic acids is 1. The highest BCUT2D eigenvalue weighted by atomic mass is 16.5. The molecule has 3 nitrogen and oxygen atoms in total. The number of carbonyl (C=O) groups is 1. The van der Waals surface area contributed by atoms with Crippen molar-refractivity contribution >= 4 is 6.09 Å². The first-order valence-electron chi connectivity index (χ1n) is 8.43. The number of rotatable bonds is 3. The highest BCUT2D eigenvalue weighted by Gasteiger charge is 2.16. The molecule has 1 N–H and O–H groups in total. The van der Waals surface area contributed by atoms with Gasteiger partial charge in [-0.25, -0.2) is 4.79 Å². The van der Waals surface area contributed by atoms with E-state index in [9.17, 15) is 4.79 Å². The zero-order valence-electron chi connectivity index (χ0n) is 15.9. The molecule has 1 amide bonds. The predicted octanol–water partition coefficient (Wildman–Crippen LogP) is 5.47. The van der Waals surface area contributed by atoms with E-state index in [1.165, 1.54) is 40.5 Å². The molecule has 0 bridgehead atoms. The van der Waals surface area contributed by atoms with Crippen molar-refractivity contribution in [1.29, 1.82) is 0 Å². The quantitative estimate of drug-likeness (QED) is 0.812. The molecule has 2 aromatic carbocycles. The fourth-order valence-corrected chi connectivity index (χ4v) is 2.94. The van der Waals surface area contributed by atoms with E-state index in [-0.39, 0.29) is 0 Å². The molecule has 0 radical (unpaired) electrons. The van der Waals surface area contributed by atoms with Gasteiger partial charge in [0.15, 0.2) is 0 Å². The summed E-state index contributed by atoms with van der Waals surface area (Å²) < 4.78 is 4.67. The van der Waals surface area contributed by atoms with Gasteiger partial charge in [0, 0.05) is 6.54 Å². The van der Waals surface area contributed by atoms with E-state index < -0.39 is 6.09 Å². The van der Waals surface area contributed by atoms with E-state index in [0.29, 0.717) is 6.54 Å². The van der Waals surface area contributed by atoms with Crippen LogP contribution in [0.2, 0.25) is 0 Å². The summed E-state index contributed by atoms with van der Waals surface area (Å²) in [4.78, 5) is 11.4.